The van der Waals surface area contributed by atoms with Gasteiger partial charge in [0, 0.05) is 23.9 Å². The summed E-state index contributed by atoms with van der Waals surface area (Å²) in [5, 5.41) is 0. The van der Waals surface area contributed by atoms with Gasteiger partial charge in [0.15, 0.2) is 5.78 Å². The van der Waals surface area contributed by atoms with Gasteiger partial charge < -0.3 is 4.74 Å². The van der Waals surface area contributed by atoms with Crippen LogP contribution in [0.4, 0.5) is 0 Å². The van der Waals surface area contributed by atoms with Crippen molar-refractivity contribution in [3.05, 3.63) is 12.2 Å². The molecule has 0 saturated carbocycles. The number of ketones is 1. The average molecular weight is 263 g/mol. The van der Waals surface area contributed by atoms with E-state index in [-0.39, 0.29) is 35.2 Å². The highest BCUT2D eigenvalue weighted by atomic mass is 16.5. The van der Waals surface area contributed by atoms with E-state index in [0.29, 0.717) is 13.0 Å². The first-order valence-electron chi connectivity index (χ1n) is 7.25. The Morgan fingerprint density at radius 3 is 3.11 bits per heavy atom. The number of ether oxygens (including phenoxy) is 1. The number of hydrogen-bond donors (Lipinski definition) is 0. The monoisotopic (exact) mass is 263 g/mol. The highest BCUT2D eigenvalue weighted by Gasteiger charge is 2.61. The van der Waals surface area contributed by atoms with E-state index in [1.54, 1.807) is 6.08 Å². The second-order valence-corrected chi connectivity index (χ2v) is 5.92. The van der Waals surface area contributed by atoms with Gasteiger partial charge in [-0.25, -0.2) is 0 Å². The number of rotatable bonds is 2. The van der Waals surface area contributed by atoms with Crippen molar-refractivity contribution < 1.29 is 14.3 Å². The molecule has 104 valence electrons. The molecule has 2 aliphatic heterocycles. The van der Waals surface area contributed by atoms with Crippen molar-refractivity contribution in [1.82, 2.24) is 4.90 Å². The predicted molar refractivity (Wildman–Crippen MR) is 70.5 cm³/mol. The molecular formula is C15H21NO3. The molecule has 0 amide bonds. The lowest BCUT2D eigenvalue weighted by Crippen LogP contribution is -2.45. The zero-order valence-corrected chi connectivity index (χ0v) is 11.6. The van der Waals surface area contributed by atoms with Crippen molar-refractivity contribution >= 4 is 11.8 Å². The number of carbonyl (C=O) groups is 2. The second kappa shape index (κ2) is 4.44. The van der Waals surface area contributed by atoms with Gasteiger partial charge in [0.1, 0.15) is 0 Å². The van der Waals surface area contributed by atoms with E-state index in [0.717, 1.165) is 19.4 Å². The largest absolute Gasteiger partial charge is 0.466 e. The van der Waals surface area contributed by atoms with Gasteiger partial charge in [-0.2, -0.15) is 0 Å². The fourth-order valence-corrected chi connectivity index (χ4v) is 4.43. The van der Waals surface area contributed by atoms with Gasteiger partial charge in [-0.05, 0) is 39.3 Å². The van der Waals surface area contributed by atoms with Gasteiger partial charge >= 0.3 is 5.97 Å². The first-order chi connectivity index (χ1) is 9.10. The quantitative estimate of drug-likeness (QED) is 0.709. The van der Waals surface area contributed by atoms with Crippen LogP contribution in [0.25, 0.3) is 0 Å². The van der Waals surface area contributed by atoms with E-state index >= 15 is 0 Å². The third-order valence-electron chi connectivity index (χ3n) is 5.14. The van der Waals surface area contributed by atoms with E-state index in [9.17, 15) is 9.59 Å². The van der Waals surface area contributed by atoms with E-state index in [4.69, 9.17) is 4.74 Å². The summed E-state index contributed by atoms with van der Waals surface area (Å²) in [7, 11) is 0. The molecule has 2 saturated heterocycles. The van der Waals surface area contributed by atoms with Crippen LogP contribution in [0.5, 0.6) is 0 Å². The first-order valence-corrected chi connectivity index (χ1v) is 7.25. The van der Waals surface area contributed by atoms with Gasteiger partial charge in [0.25, 0.3) is 0 Å². The smallest absolute Gasteiger partial charge is 0.310 e. The van der Waals surface area contributed by atoms with Crippen LogP contribution in [0.1, 0.15) is 33.1 Å². The van der Waals surface area contributed by atoms with Crippen LogP contribution < -0.4 is 0 Å². The van der Waals surface area contributed by atoms with Crippen LogP contribution >= 0.6 is 0 Å². The van der Waals surface area contributed by atoms with Crippen molar-refractivity contribution in [2.45, 2.75) is 44.7 Å². The number of allylic oxidation sites excluding steroid dienone is 1. The van der Waals surface area contributed by atoms with Gasteiger partial charge in [0.05, 0.1) is 12.5 Å². The summed E-state index contributed by atoms with van der Waals surface area (Å²) in [6.07, 6.45) is 6.47. The fourth-order valence-electron chi connectivity index (χ4n) is 4.43. The lowest BCUT2D eigenvalue weighted by atomic mass is 9.71. The van der Waals surface area contributed by atoms with Crippen LogP contribution in [0.3, 0.4) is 0 Å². The van der Waals surface area contributed by atoms with Crippen LogP contribution in [0.2, 0.25) is 0 Å². The van der Waals surface area contributed by atoms with Crippen molar-refractivity contribution in [3.63, 3.8) is 0 Å². The van der Waals surface area contributed by atoms with Crippen molar-refractivity contribution in [2.75, 3.05) is 13.2 Å². The van der Waals surface area contributed by atoms with Crippen LogP contribution in [-0.2, 0) is 14.3 Å². The normalized spacial score (nSPS) is 41.2. The molecule has 0 N–H and O–H groups in total. The summed E-state index contributed by atoms with van der Waals surface area (Å²) < 4.78 is 5.24. The molecule has 0 radical (unpaired) electrons. The minimum Gasteiger partial charge on any atom is -0.466 e. The Bertz CT molecular complexity index is 445. The van der Waals surface area contributed by atoms with E-state index in [2.05, 4.69) is 17.9 Å². The summed E-state index contributed by atoms with van der Waals surface area (Å²) in [5.74, 6) is -0.0431. The molecule has 4 heteroatoms. The Morgan fingerprint density at radius 1 is 1.58 bits per heavy atom. The SMILES string of the molecule is CCOC(=O)[C@H]1[C@@H](C)N2CCC[C@@]23C=CC(=O)C[C@@H]13. The number of hydrogen-bond acceptors (Lipinski definition) is 4. The second-order valence-electron chi connectivity index (χ2n) is 5.92. The third-order valence-corrected chi connectivity index (χ3v) is 5.14. The molecule has 3 aliphatic rings. The predicted octanol–water partition coefficient (Wildman–Crippen LogP) is 1.55. The van der Waals surface area contributed by atoms with Gasteiger partial charge in [-0.1, -0.05) is 6.08 Å². The maximum atomic E-state index is 12.3. The summed E-state index contributed by atoms with van der Waals surface area (Å²) in [4.78, 5) is 26.4. The Hall–Kier alpha value is -1.16. The maximum absolute atomic E-state index is 12.3. The molecule has 19 heavy (non-hydrogen) atoms. The van der Waals surface area contributed by atoms with Gasteiger partial charge in [-0.3, -0.25) is 14.5 Å². The Kier molecular flexibility index (Phi) is 3.01. The summed E-state index contributed by atoms with van der Waals surface area (Å²) >= 11 is 0. The highest BCUT2D eigenvalue weighted by Crippen LogP contribution is 2.53. The fraction of sp³-hybridized carbons (Fsp3) is 0.733. The molecule has 1 aliphatic carbocycles. The summed E-state index contributed by atoms with van der Waals surface area (Å²) in [5.41, 5.74) is -0.0647. The van der Waals surface area contributed by atoms with Crippen molar-refractivity contribution in [1.29, 1.82) is 0 Å². The molecule has 2 fully saturated rings. The topological polar surface area (TPSA) is 46.6 Å². The lowest BCUT2D eigenvalue weighted by molar-refractivity contribution is -0.150. The molecule has 4 atom stereocenters. The first kappa shape index (κ1) is 12.9. The Balaban J connectivity index is 1.98. The van der Waals surface area contributed by atoms with E-state index in [1.165, 1.54) is 0 Å². The van der Waals surface area contributed by atoms with Crippen LogP contribution in [-0.4, -0.2) is 41.4 Å². The zero-order chi connectivity index (χ0) is 13.6. The highest BCUT2D eigenvalue weighted by molar-refractivity contribution is 5.92. The van der Waals surface area contributed by atoms with Crippen LogP contribution in [0, 0.1) is 11.8 Å². The molecule has 0 aromatic rings. The molecular weight excluding hydrogens is 242 g/mol. The third kappa shape index (κ3) is 1.69. The van der Waals surface area contributed by atoms with E-state index < -0.39 is 0 Å². The maximum Gasteiger partial charge on any atom is 0.310 e. The molecule has 0 bridgehead atoms. The number of nitrogens with zero attached hydrogens (tertiary/aromatic N) is 1. The zero-order valence-electron chi connectivity index (χ0n) is 11.6. The van der Waals surface area contributed by atoms with E-state index in [1.807, 2.05) is 6.92 Å². The molecule has 1 spiro atoms. The lowest BCUT2D eigenvalue weighted by Gasteiger charge is -2.37. The number of esters is 1. The van der Waals surface area contributed by atoms with Gasteiger partial charge in [0.2, 0.25) is 0 Å². The van der Waals surface area contributed by atoms with Crippen molar-refractivity contribution in [3.8, 4) is 0 Å². The molecule has 3 rings (SSSR count). The van der Waals surface area contributed by atoms with Gasteiger partial charge in [-0.15, -0.1) is 0 Å². The standard InChI is InChI=1S/C15H21NO3/c1-3-19-14(18)13-10(2)16-8-4-6-15(16)7-5-11(17)9-12(13)15/h5,7,10,12-13H,3-4,6,8-9H2,1-2H3/t10-,12+,13+,15+/m1/s1. The molecule has 4 nitrogen and oxygen atoms in total. The number of carbonyl (C=O) groups excluding carboxylic acids is 2. The molecule has 2 heterocycles. The molecule has 0 unspecified atom stereocenters. The minimum atomic E-state index is -0.158. The molecule has 0 aromatic heterocycles. The molecule has 0 aromatic carbocycles. The van der Waals surface area contributed by atoms with Crippen LogP contribution in [0.15, 0.2) is 12.2 Å². The minimum absolute atomic E-state index is 0.0647. The average Bonchev–Trinajstić information content (AvgIpc) is 2.87. The summed E-state index contributed by atoms with van der Waals surface area (Å²) in [6.45, 7) is 5.36. The Morgan fingerprint density at radius 2 is 2.37 bits per heavy atom. The Labute approximate surface area is 113 Å². The van der Waals surface area contributed by atoms with Crippen molar-refractivity contribution in [2.24, 2.45) is 11.8 Å². The summed E-state index contributed by atoms with van der Waals surface area (Å²) in [6, 6.07) is 0.169.